The zero-order chi connectivity index (χ0) is 14.2. The van der Waals surface area contributed by atoms with Gasteiger partial charge in [-0.05, 0) is 18.1 Å². The number of anilines is 1. The van der Waals surface area contributed by atoms with Crippen LogP contribution in [0.5, 0.6) is 0 Å². The Morgan fingerprint density at radius 2 is 2.05 bits per heavy atom. The summed E-state index contributed by atoms with van der Waals surface area (Å²) in [7, 11) is 0. The maximum atomic E-state index is 11.9. The van der Waals surface area contributed by atoms with Gasteiger partial charge in [0.15, 0.2) is 0 Å². The summed E-state index contributed by atoms with van der Waals surface area (Å²) in [6.45, 7) is 1.58. The van der Waals surface area contributed by atoms with Crippen molar-refractivity contribution in [2.75, 3.05) is 12.3 Å². The minimum atomic E-state index is -1.15. The molecule has 0 radical (unpaired) electrons. The molecular weight excluding hydrogens is 250 g/mol. The maximum Gasteiger partial charge on any atom is 0.254 e. The average molecular weight is 269 g/mol. The van der Waals surface area contributed by atoms with Crippen molar-refractivity contribution in [3.05, 3.63) is 27.5 Å². The Hall–Kier alpha value is -1.41. The number of nitrogen functional groups attached to an aromatic ring is 1. The molecule has 1 saturated heterocycles. The molecule has 19 heavy (non-hydrogen) atoms. The van der Waals surface area contributed by atoms with Gasteiger partial charge in [-0.2, -0.15) is 0 Å². The monoisotopic (exact) mass is 269 g/mol. The van der Waals surface area contributed by atoms with Crippen molar-refractivity contribution >= 4 is 5.82 Å². The van der Waals surface area contributed by atoms with Gasteiger partial charge in [0.05, 0.1) is 24.8 Å². The highest BCUT2D eigenvalue weighted by molar-refractivity contribution is 5.42. The molecule has 0 bridgehead atoms. The van der Waals surface area contributed by atoms with E-state index in [0.717, 1.165) is 5.56 Å². The first-order valence-corrected chi connectivity index (χ1v) is 6.24. The van der Waals surface area contributed by atoms with E-state index in [1.807, 2.05) is 6.92 Å². The smallest absolute Gasteiger partial charge is 0.254 e. The summed E-state index contributed by atoms with van der Waals surface area (Å²) >= 11 is 0. The number of nitrogens with one attached hydrogen (secondary N) is 2. The van der Waals surface area contributed by atoms with Crippen LogP contribution in [0, 0.1) is 0 Å². The van der Waals surface area contributed by atoms with Crippen molar-refractivity contribution in [3.63, 3.8) is 0 Å². The molecule has 0 saturated carbocycles. The van der Waals surface area contributed by atoms with E-state index in [9.17, 15) is 15.0 Å². The number of aliphatic hydroxyl groups excluding tert-OH is 3. The Bertz CT molecular complexity index is 516. The largest absolute Gasteiger partial charge is 0.395 e. The second kappa shape index (κ2) is 5.30. The van der Waals surface area contributed by atoms with E-state index in [0.29, 0.717) is 17.8 Å². The molecule has 1 aromatic rings. The molecule has 1 fully saturated rings. The third-order valence-electron chi connectivity index (χ3n) is 3.60. The number of hydrogen-bond acceptors (Lipinski definition) is 6. The van der Waals surface area contributed by atoms with Crippen molar-refractivity contribution in [3.8, 4) is 0 Å². The number of nitrogens with two attached hydrogens (primary N) is 1. The van der Waals surface area contributed by atoms with E-state index >= 15 is 0 Å². The van der Waals surface area contributed by atoms with Gasteiger partial charge >= 0.3 is 0 Å². The van der Waals surface area contributed by atoms with Crippen molar-refractivity contribution in [2.45, 2.75) is 37.6 Å². The van der Waals surface area contributed by atoms with Crippen LogP contribution in [0.2, 0.25) is 0 Å². The third-order valence-corrected chi connectivity index (χ3v) is 3.60. The molecule has 2 heterocycles. The molecule has 0 aliphatic carbocycles. The fraction of sp³-hybridized carbons (Fsp3) is 0.583. The Labute approximate surface area is 110 Å². The van der Waals surface area contributed by atoms with E-state index in [4.69, 9.17) is 10.8 Å². The predicted octanol–water partition coefficient (Wildman–Crippen LogP) is -1.75. The van der Waals surface area contributed by atoms with Crippen LogP contribution < -0.4 is 16.6 Å². The van der Waals surface area contributed by atoms with Crippen LogP contribution in [0.3, 0.4) is 0 Å². The van der Waals surface area contributed by atoms with Crippen molar-refractivity contribution in [1.82, 2.24) is 10.3 Å². The highest BCUT2D eigenvalue weighted by atomic mass is 16.3. The van der Waals surface area contributed by atoms with Gasteiger partial charge in [-0.25, -0.2) is 0 Å². The topological polar surface area (TPSA) is 132 Å². The molecule has 1 aromatic heterocycles. The SMILES string of the molecule is CCc1cc([C@@H]2N[C@H](CO)[C@@H](O)[C@H]2O)c(=O)[nH]c1N. The summed E-state index contributed by atoms with van der Waals surface area (Å²) in [5.74, 6) is 0.308. The fourth-order valence-corrected chi connectivity index (χ4v) is 2.43. The second-order valence-corrected chi connectivity index (χ2v) is 4.76. The van der Waals surface area contributed by atoms with Gasteiger partial charge < -0.3 is 31.4 Å². The summed E-state index contributed by atoms with van der Waals surface area (Å²) in [5.41, 5.74) is 6.36. The number of aromatic amines is 1. The molecule has 0 spiro atoms. The summed E-state index contributed by atoms with van der Waals surface area (Å²) < 4.78 is 0. The lowest BCUT2D eigenvalue weighted by atomic mass is 10.00. The zero-order valence-electron chi connectivity index (χ0n) is 10.6. The van der Waals surface area contributed by atoms with Gasteiger partial charge in [-0.1, -0.05) is 6.92 Å². The molecule has 7 nitrogen and oxygen atoms in total. The van der Waals surface area contributed by atoms with E-state index in [1.54, 1.807) is 6.07 Å². The van der Waals surface area contributed by atoms with Crippen LogP contribution in [-0.2, 0) is 6.42 Å². The maximum absolute atomic E-state index is 11.9. The van der Waals surface area contributed by atoms with Gasteiger partial charge in [0.2, 0.25) is 0 Å². The quantitative estimate of drug-likeness (QED) is 0.385. The highest BCUT2D eigenvalue weighted by Crippen LogP contribution is 2.26. The number of hydrogen-bond donors (Lipinski definition) is 6. The average Bonchev–Trinajstić information content (AvgIpc) is 2.67. The molecule has 1 aliphatic rings. The molecule has 2 rings (SSSR count). The lowest BCUT2D eigenvalue weighted by Crippen LogP contribution is -2.36. The molecule has 0 aromatic carbocycles. The molecule has 7 heteroatoms. The number of rotatable bonds is 3. The van der Waals surface area contributed by atoms with Gasteiger partial charge in [0, 0.05) is 5.56 Å². The Morgan fingerprint density at radius 1 is 1.37 bits per heavy atom. The van der Waals surface area contributed by atoms with E-state index < -0.39 is 29.9 Å². The van der Waals surface area contributed by atoms with Crippen molar-refractivity contribution < 1.29 is 15.3 Å². The van der Waals surface area contributed by atoms with Gasteiger partial charge in [-0.3, -0.25) is 4.79 Å². The summed E-state index contributed by atoms with van der Waals surface area (Å²) in [6.07, 6.45) is -1.62. The Kier molecular flexibility index (Phi) is 3.91. The number of aryl methyl sites for hydroxylation is 1. The predicted molar refractivity (Wildman–Crippen MR) is 69.6 cm³/mol. The number of pyridine rings is 1. The van der Waals surface area contributed by atoms with Crippen LogP contribution >= 0.6 is 0 Å². The molecule has 7 N–H and O–H groups in total. The summed E-state index contributed by atoms with van der Waals surface area (Å²) in [4.78, 5) is 14.4. The highest BCUT2D eigenvalue weighted by Gasteiger charge is 2.42. The number of aromatic nitrogens is 1. The molecule has 0 unspecified atom stereocenters. The van der Waals surface area contributed by atoms with Gasteiger partial charge in [0.25, 0.3) is 5.56 Å². The minimum Gasteiger partial charge on any atom is -0.395 e. The van der Waals surface area contributed by atoms with Crippen LogP contribution in [0.25, 0.3) is 0 Å². The Balaban J connectivity index is 2.40. The van der Waals surface area contributed by atoms with Crippen LogP contribution in [0.1, 0.15) is 24.1 Å². The lowest BCUT2D eigenvalue weighted by Gasteiger charge is -2.16. The summed E-state index contributed by atoms with van der Waals surface area (Å²) in [6, 6.07) is 0.255. The summed E-state index contributed by atoms with van der Waals surface area (Å²) in [5, 5.41) is 31.7. The van der Waals surface area contributed by atoms with E-state index in [2.05, 4.69) is 10.3 Å². The standard InChI is InChI=1S/C12H19N3O4/c1-2-5-3-6(12(19)15-11(5)13)8-10(18)9(17)7(4-16)14-8/h3,7-10,14,16-18H,2,4H2,1H3,(H3,13,15,19)/t7-,8+,9-,10+/m1/s1. The number of aliphatic hydroxyl groups is 3. The normalized spacial score (nSPS) is 30.7. The van der Waals surface area contributed by atoms with Crippen LogP contribution in [0.4, 0.5) is 5.82 Å². The molecular formula is C12H19N3O4. The number of H-pyrrole nitrogens is 1. The van der Waals surface area contributed by atoms with Crippen molar-refractivity contribution in [1.29, 1.82) is 0 Å². The molecule has 0 amide bonds. The van der Waals surface area contributed by atoms with Gasteiger partial charge in [0.1, 0.15) is 11.9 Å². The minimum absolute atomic E-state index is 0.308. The first-order chi connectivity index (χ1) is 8.99. The van der Waals surface area contributed by atoms with E-state index in [-0.39, 0.29) is 6.61 Å². The molecule has 106 valence electrons. The van der Waals surface area contributed by atoms with Crippen LogP contribution in [-0.4, -0.2) is 45.2 Å². The van der Waals surface area contributed by atoms with E-state index in [1.165, 1.54) is 0 Å². The fourth-order valence-electron chi connectivity index (χ4n) is 2.43. The second-order valence-electron chi connectivity index (χ2n) is 4.76. The molecule has 4 atom stereocenters. The first kappa shape index (κ1) is 14.0. The van der Waals surface area contributed by atoms with Crippen LogP contribution in [0.15, 0.2) is 10.9 Å². The zero-order valence-corrected chi connectivity index (χ0v) is 10.6. The Morgan fingerprint density at radius 3 is 2.58 bits per heavy atom. The van der Waals surface area contributed by atoms with Crippen molar-refractivity contribution in [2.24, 2.45) is 0 Å². The van der Waals surface area contributed by atoms with Gasteiger partial charge in [-0.15, -0.1) is 0 Å². The third kappa shape index (κ3) is 2.37. The lowest BCUT2D eigenvalue weighted by molar-refractivity contribution is 0.0193. The first-order valence-electron chi connectivity index (χ1n) is 6.24. The molecule has 1 aliphatic heterocycles.